The smallest absolute Gasteiger partial charge is 0.209 e. The molecule has 0 saturated heterocycles. The Hall–Kier alpha value is -0.0701. The van der Waals surface area contributed by atoms with Gasteiger partial charge in [-0.3, -0.25) is 0 Å². The molecular weight excluding hydrogens is 446 g/mol. The number of fused-ring (bicyclic) bond motifs is 5. The molecule has 0 bridgehead atoms. The topological polar surface area (TPSA) is 38.7 Å². The number of hydrogen-bond acceptors (Lipinski definition) is 5. The van der Waals surface area contributed by atoms with Crippen molar-refractivity contribution in [3.8, 4) is 0 Å². The van der Waals surface area contributed by atoms with Crippen LogP contribution in [0.1, 0.15) is 79.1 Å². The van der Waals surface area contributed by atoms with Gasteiger partial charge in [0.05, 0.1) is 18.3 Å². The van der Waals surface area contributed by atoms with Crippen molar-refractivity contribution >= 4 is 38.0 Å². The molecule has 4 rings (SSSR count). The summed E-state index contributed by atoms with van der Waals surface area (Å²) < 4.78 is 27.0. The van der Waals surface area contributed by atoms with E-state index in [2.05, 4.69) is 45.9 Å². The van der Waals surface area contributed by atoms with Crippen LogP contribution in [0, 0.1) is 28.6 Å². The van der Waals surface area contributed by atoms with Crippen LogP contribution in [0.2, 0.25) is 0 Å². The summed E-state index contributed by atoms with van der Waals surface area (Å²) in [6.07, 6.45) is 14.9. The zero-order valence-corrected chi connectivity index (χ0v) is 22.2. The molecule has 0 aromatic carbocycles. The van der Waals surface area contributed by atoms with Gasteiger partial charge in [-0.1, -0.05) is 86.4 Å². The lowest BCUT2D eigenvalue weighted by Gasteiger charge is -2.57. The summed E-state index contributed by atoms with van der Waals surface area (Å²) in [5.74, 6) is 1.48. The lowest BCUT2D eigenvalue weighted by molar-refractivity contribution is -0.0153. The van der Waals surface area contributed by atoms with Crippen molar-refractivity contribution in [3.63, 3.8) is 0 Å². The normalized spacial score (nSPS) is 40.1. The zero-order chi connectivity index (χ0) is 25.2. The molecule has 2 fully saturated rings. The highest BCUT2D eigenvalue weighted by Gasteiger charge is 2.57. The molecule has 0 aromatic rings. The second-order valence-electron chi connectivity index (χ2n) is 11.1. The van der Waals surface area contributed by atoms with Crippen LogP contribution in [-0.4, -0.2) is 40.3 Å². The van der Waals surface area contributed by atoms with Gasteiger partial charge >= 0.3 is 0 Å². The molecule has 33 heavy (non-hydrogen) atoms. The Balaban J connectivity index is 1.57. The molecule has 0 spiro atoms. The van der Waals surface area contributed by atoms with Gasteiger partial charge < -0.3 is 13.5 Å². The highest BCUT2D eigenvalue weighted by atomic mass is 32.2. The predicted molar refractivity (Wildman–Crippen MR) is 144 cm³/mol. The maximum Gasteiger partial charge on any atom is 0.209 e. The Morgan fingerprint density at radius 2 is 2.00 bits per heavy atom. The second kappa shape index (κ2) is 10.5. The Morgan fingerprint density at radius 1 is 1.21 bits per heavy atom. The average molecular weight is 490 g/mol. The van der Waals surface area contributed by atoms with Crippen molar-refractivity contribution in [3.05, 3.63) is 34.9 Å². The second-order valence-corrected chi connectivity index (χ2v) is 11.8. The van der Waals surface area contributed by atoms with E-state index in [-0.39, 0.29) is 29.1 Å². The molecular formula is C26H40B2O3S2. The molecule has 0 heterocycles. The highest BCUT2D eigenvalue weighted by Crippen LogP contribution is 2.65. The SMILES string of the molecule is [3H][B]SO[C@@H]1CC2=CC=C3C(CC[C@]4(C)C([C@@H](C)CCC(O)CC)=CCC34)[C@@]2(C)[C@@H](OS[B][3H])C1. The van der Waals surface area contributed by atoms with E-state index in [1.165, 1.54) is 26.2 Å². The summed E-state index contributed by atoms with van der Waals surface area (Å²) in [7, 11) is 2.50. The van der Waals surface area contributed by atoms with Crippen LogP contribution in [0.25, 0.3) is 0 Å². The summed E-state index contributed by atoms with van der Waals surface area (Å²) in [6, 6.07) is 0. The largest absolute Gasteiger partial charge is 0.393 e. The maximum atomic E-state index is 10.1. The first-order valence-corrected chi connectivity index (χ1v) is 14.2. The molecule has 180 valence electrons. The molecule has 0 amide bonds. The number of allylic oxidation sites excluding steroid dienone is 5. The van der Waals surface area contributed by atoms with Crippen LogP contribution in [0.5, 0.6) is 0 Å². The fourth-order valence-corrected chi connectivity index (χ4v) is 8.27. The van der Waals surface area contributed by atoms with E-state index in [1.807, 2.05) is 0 Å². The average Bonchev–Trinajstić information content (AvgIpc) is 3.21. The first-order valence-electron chi connectivity index (χ1n) is 13.8. The number of hydrogen-bond donors (Lipinski definition) is 1. The fraction of sp³-hybridized carbons (Fsp3) is 0.769. The molecule has 8 atom stereocenters. The summed E-state index contributed by atoms with van der Waals surface area (Å²) >= 11 is 2.22. The predicted octanol–water partition coefficient (Wildman–Crippen LogP) is 5.90. The van der Waals surface area contributed by atoms with Crippen LogP contribution >= 0.6 is 23.8 Å². The quantitative estimate of drug-likeness (QED) is 0.222. The van der Waals surface area contributed by atoms with E-state index in [0.29, 0.717) is 17.8 Å². The Morgan fingerprint density at radius 3 is 2.76 bits per heavy atom. The molecule has 0 aliphatic heterocycles. The van der Waals surface area contributed by atoms with E-state index in [1.54, 1.807) is 11.1 Å². The van der Waals surface area contributed by atoms with Crippen molar-refractivity contribution in [1.82, 2.24) is 0 Å². The third kappa shape index (κ3) is 4.59. The third-order valence-electron chi connectivity index (χ3n) is 9.54. The van der Waals surface area contributed by atoms with Gasteiger partial charge in [0.15, 0.2) is 0 Å². The van der Waals surface area contributed by atoms with E-state index >= 15 is 0 Å². The highest BCUT2D eigenvalue weighted by molar-refractivity contribution is 8.16. The standard InChI is InChI=1S/C26H40B2O3S2/c1-5-18(29)8-6-16(2)21-10-11-22-20-9-7-17-14-19(30-32-27)15-24(31-33-28)26(17,4)23(20)12-13-25(21,22)3/h7,9-10,16,18-19,22-24,27-29H,5-6,8,11-15H2,1-4H3/t16-,18?,19+,22?,23?,24-,25+,26-/m0/s1/i27T,28T. The van der Waals surface area contributed by atoms with E-state index < -0.39 is 0 Å². The van der Waals surface area contributed by atoms with Crippen LogP contribution in [-0.2, 0) is 8.37 Å². The van der Waals surface area contributed by atoms with Crippen molar-refractivity contribution in [2.75, 3.05) is 0 Å². The molecule has 1 N–H and O–H groups in total. The van der Waals surface area contributed by atoms with Gasteiger partial charge in [0.2, 0.25) is 14.2 Å². The monoisotopic (exact) mass is 490 g/mol. The molecule has 4 aliphatic carbocycles. The van der Waals surface area contributed by atoms with Crippen LogP contribution in [0.15, 0.2) is 34.9 Å². The summed E-state index contributed by atoms with van der Waals surface area (Å²) in [5, 5.41) is 10.1. The van der Waals surface area contributed by atoms with Gasteiger partial charge in [0.1, 0.15) is 0 Å². The minimum atomic E-state index is -0.185. The minimum Gasteiger partial charge on any atom is -0.393 e. The Bertz CT molecular complexity index is 856. The van der Waals surface area contributed by atoms with E-state index in [0.717, 1.165) is 68.7 Å². The molecule has 4 aliphatic rings. The van der Waals surface area contributed by atoms with Crippen molar-refractivity contribution in [1.29, 1.82) is 2.67 Å². The fourth-order valence-electron chi connectivity index (χ4n) is 7.55. The maximum absolute atomic E-state index is 10.1. The van der Waals surface area contributed by atoms with Crippen molar-refractivity contribution in [2.45, 2.75) is 97.4 Å². The minimum absolute atomic E-state index is 0.0140. The lowest BCUT2D eigenvalue weighted by Crippen LogP contribution is -2.52. The van der Waals surface area contributed by atoms with Gasteiger partial charge in [-0.25, -0.2) is 0 Å². The number of rotatable bonds is 11. The first-order chi connectivity index (χ1) is 16.8. The van der Waals surface area contributed by atoms with Gasteiger partial charge in [-0.15, -0.1) is 0 Å². The number of aliphatic hydroxyl groups is 1. The molecule has 0 aromatic heterocycles. The number of aliphatic hydroxyl groups excluding tert-OH is 1. The summed E-state index contributed by atoms with van der Waals surface area (Å²) in [4.78, 5) is 0. The van der Waals surface area contributed by atoms with E-state index in [4.69, 9.17) is 11.0 Å². The molecule has 3 unspecified atom stereocenters. The van der Waals surface area contributed by atoms with Gasteiger partial charge in [0.25, 0.3) is 0 Å². The third-order valence-corrected chi connectivity index (χ3v) is 10.3. The molecule has 7 heteroatoms. The molecule has 2 radical (unpaired) electrons. The Labute approximate surface area is 214 Å². The molecule has 3 nitrogen and oxygen atoms in total. The summed E-state index contributed by atoms with van der Waals surface area (Å²) in [6.45, 7) is 9.28. The van der Waals surface area contributed by atoms with Gasteiger partial charge in [0, 0.05) is 11.8 Å². The summed E-state index contributed by atoms with van der Waals surface area (Å²) in [5.41, 5.74) is 4.68. The molecule has 2 saturated carbocycles. The lowest BCUT2D eigenvalue weighted by atomic mass is 9.49. The Kier molecular flexibility index (Phi) is 7.43. The van der Waals surface area contributed by atoms with Crippen molar-refractivity contribution in [2.24, 2.45) is 28.6 Å². The van der Waals surface area contributed by atoms with Gasteiger partial charge in [-0.05, 0) is 70.8 Å². The van der Waals surface area contributed by atoms with Gasteiger partial charge in [-0.2, -0.15) is 0 Å². The van der Waals surface area contributed by atoms with Crippen LogP contribution in [0.3, 0.4) is 0 Å². The van der Waals surface area contributed by atoms with Crippen LogP contribution in [0.4, 0.5) is 0 Å². The van der Waals surface area contributed by atoms with E-state index in [9.17, 15) is 5.11 Å². The first kappa shape index (κ1) is 23.3. The van der Waals surface area contributed by atoms with Crippen molar-refractivity contribution < 1.29 is 13.5 Å². The zero-order valence-electron chi connectivity index (χ0n) is 22.6. The van der Waals surface area contributed by atoms with Crippen LogP contribution < -0.4 is 0 Å².